The number of nitrogens with one attached hydrogen (secondary N) is 1. The van der Waals surface area contributed by atoms with Gasteiger partial charge >= 0.3 is 0 Å². The van der Waals surface area contributed by atoms with Gasteiger partial charge in [0.2, 0.25) is 0 Å². The smallest absolute Gasteiger partial charge is 0.138 e. The summed E-state index contributed by atoms with van der Waals surface area (Å²) in [6.45, 7) is 5.63. The van der Waals surface area contributed by atoms with E-state index >= 15 is 0 Å². The zero-order valence-electron chi connectivity index (χ0n) is 10.7. The van der Waals surface area contributed by atoms with Gasteiger partial charge in [-0.2, -0.15) is 0 Å². The van der Waals surface area contributed by atoms with Crippen molar-refractivity contribution in [1.82, 2.24) is 10.5 Å². The molecule has 1 aromatic carbocycles. The molecule has 2 aromatic rings. The standard InChI is InChI=1S/C14H17ClN2O/c1-10-14(11(2)18-17-10)9-16-8-7-12-3-5-13(15)6-4-12/h3-6,16H,7-9H2,1-2H3. The summed E-state index contributed by atoms with van der Waals surface area (Å²) >= 11 is 5.84. The highest BCUT2D eigenvalue weighted by Gasteiger charge is 2.07. The van der Waals surface area contributed by atoms with Gasteiger partial charge in [0.25, 0.3) is 0 Å². The molecule has 0 aliphatic rings. The summed E-state index contributed by atoms with van der Waals surface area (Å²) in [6.07, 6.45) is 0.987. The lowest BCUT2D eigenvalue weighted by molar-refractivity contribution is 0.392. The van der Waals surface area contributed by atoms with Crippen molar-refractivity contribution in [3.05, 3.63) is 51.9 Å². The molecule has 0 atom stereocenters. The molecule has 0 saturated carbocycles. The van der Waals surface area contributed by atoms with E-state index in [9.17, 15) is 0 Å². The second-order valence-electron chi connectivity index (χ2n) is 4.36. The van der Waals surface area contributed by atoms with Crippen LogP contribution in [0.25, 0.3) is 0 Å². The Labute approximate surface area is 112 Å². The minimum atomic E-state index is 0.780. The monoisotopic (exact) mass is 264 g/mol. The molecule has 1 heterocycles. The minimum absolute atomic E-state index is 0.780. The van der Waals surface area contributed by atoms with Crippen molar-refractivity contribution in [2.24, 2.45) is 0 Å². The lowest BCUT2D eigenvalue weighted by atomic mass is 10.1. The molecule has 0 unspecified atom stereocenters. The topological polar surface area (TPSA) is 38.1 Å². The fourth-order valence-corrected chi connectivity index (χ4v) is 1.98. The van der Waals surface area contributed by atoms with Crippen molar-refractivity contribution in [1.29, 1.82) is 0 Å². The van der Waals surface area contributed by atoms with E-state index in [2.05, 4.69) is 22.6 Å². The highest BCUT2D eigenvalue weighted by Crippen LogP contribution is 2.12. The predicted molar refractivity (Wildman–Crippen MR) is 72.8 cm³/mol. The Morgan fingerprint density at radius 2 is 1.94 bits per heavy atom. The van der Waals surface area contributed by atoms with Crippen molar-refractivity contribution < 1.29 is 4.52 Å². The van der Waals surface area contributed by atoms with E-state index in [1.807, 2.05) is 26.0 Å². The summed E-state index contributed by atoms with van der Waals surface area (Å²) in [6, 6.07) is 7.95. The van der Waals surface area contributed by atoms with E-state index in [1.165, 1.54) is 5.56 Å². The third kappa shape index (κ3) is 3.34. The average Bonchev–Trinajstić information content (AvgIpc) is 2.68. The van der Waals surface area contributed by atoms with Crippen LogP contribution in [0.4, 0.5) is 0 Å². The van der Waals surface area contributed by atoms with Gasteiger partial charge in [0.15, 0.2) is 0 Å². The normalized spacial score (nSPS) is 10.8. The molecule has 1 aromatic heterocycles. The van der Waals surface area contributed by atoms with Crippen molar-refractivity contribution in [2.45, 2.75) is 26.8 Å². The molecule has 1 N–H and O–H groups in total. The fourth-order valence-electron chi connectivity index (χ4n) is 1.85. The Morgan fingerprint density at radius 3 is 2.56 bits per heavy atom. The number of hydrogen-bond acceptors (Lipinski definition) is 3. The molecule has 4 heteroatoms. The summed E-state index contributed by atoms with van der Waals surface area (Å²) in [5, 5.41) is 8.11. The Kier molecular flexibility index (Phi) is 4.39. The highest BCUT2D eigenvalue weighted by atomic mass is 35.5. The van der Waals surface area contributed by atoms with Gasteiger partial charge in [-0.25, -0.2) is 0 Å². The van der Waals surface area contributed by atoms with E-state index in [-0.39, 0.29) is 0 Å². The molecule has 18 heavy (non-hydrogen) atoms. The van der Waals surface area contributed by atoms with Crippen LogP contribution in [0.1, 0.15) is 22.6 Å². The van der Waals surface area contributed by atoms with E-state index < -0.39 is 0 Å². The quantitative estimate of drug-likeness (QED) is 0.843. The van der Waals surface area contributed by atoms with Gasteiger partial charge in [-0.15, -0.1) is 0 Å². The summed E-state index contributed by atoms with van der Waals surface area (Å²) in [5.41, 5.74) is 3.41. The van der Waals surface area contributed by atoms with Gasteiger partial charge in [-0.1, -0.05) is 28.9 Å². The molecule has 0 bridgehead atoms. The molecule has 0 aliphatic carbocycles. The lowest BCUT2D eigenvalue weighted by Gasteiger charge is -2.04. The van der Waals surface area contributed by atoms with Crippen molar-refractivity contribution in [3.8, 4) is 0 Å². The largest absolute Gasteiger partial charge is 0.361 e. The Morgan fingerprint density at radius 1 is 1.22 bits per heavy atom. The van der Waals surface area contributed by atoms with Gasteiger partial charge < -0.3 is 9.84 Å². The first-order chi connectivity index (χ1) is 8.66. The fraction of sp³-hybridized carbons (Fsp3) is 0.357. The van der Waals surface area contributed by atoms with E-state index in [0.29, 0.717) is 0 Å². The van der Waals surface area contributed by atoms with Crippen LogP contribution >= 0.6 is 11.6 Å². The first-order valence-electron chi connectivity index (χ1n) is 6.03. The third-order valence-electron chi connectivity index (χ3n) is 2.99. The summed E-state index contributed by atoms with van der Waals surface area (Å²) < 4.78 is 5.12. The van der Waals surface area contributed by atoms with E-state index in [1.54, 1.807) is 0 Å². The number of rotatable bonds is 5. The predicted octanol–water partition coefficient (Wildman–Crippen LogP) is 3.28. The molecular formula is C14H17ClN2O. The van der Waals surface area contributed by atoms with Gasteiger partial charge in [-0.05, 0) is 44.5 Å². The molecule has 0 amide bonds. The number of hydrogen-bond donors (Lipinski definition) is 1. The maximum absolute atomic E-state index is 5.84. The van der Waals surface area contributed by atoms with Crippen LogP contribution in [0.2, 0.25) is 5.02 Å². The molecule has 0 saturated heterocycles. The Balaban J connectivity index is 1.78. The van der Waals surface area contributed by atoms with Crippen LogP contribution in [-0.2, 0) is 13.0 Å². The van der Waals surface area contributed by atoms with Crippen LogP contribution in [0.15, 0.2) is 28.8 Å². The summed E-state index contributed by atoms with van der Waals surface area (Å²) in [7, 11) is 0. The number of halogens is 1. The second kappa shape index (κ2) is 6.03. The van der Waals surface area contributed by atoms with Gasteiger partial charge in [-0.3, -0.25) is 0 Å². The molecule has 0 aliphatic heterocycles. The van der Waals surface area contributed by atoms with Crippen LogP contribution in [0.5, 0.6) is 0 Å². The van der Waals surface area contributed by atoms with Crippen molar-refractivity contribution in [3.63, 3.8) is 0 Å². The third-order valence-corrected chi connectivity index (χ3v) is 3.24. The average molecular weight is 265 g/mol. The van der Waals surface area contributed by atoms with Crippen LogP contribution in [0, 0.1) is 13.8 Å². The first kappa shape index (κ1) is 13.1. The van der Waals surface area contributed by atoms with Gasteiger partial charge in [0, 0.05) is 17.1 Å². The van der Waals surface area contributed by atoms with Crippen molar-refractivity contribution in [2.75, 3.05) is 6.54 Å². The van der Waals surface area contributed by atoms with Crippen LogP contribution in [0.3, 0.4) is 0 Å². The SMILES string of the molecule is Cc1noc(C)c1CNCCc1ccc(Cl)cc1. The number of aryl methyl sites for hydroxylation is 2. The summed E-state index contributed by atoms with van der Waals surface area (Å²) in [5.74, 6) is 0.895. The second-order valence-corrected chi connectivity index (χ2v) is 4.79. The maximum atomic E-state index is 5.84. The van der Waals surface area contributed by atoms with Gasteiger partial charge in [0.05, 0.1) is 5.69 Å². The van der Waals surface area contributed by atoms with E-state index in [4.69, 9.17) is 16.1 Å². The molecule has 2 rings (SSSR count). The molecule has 3 nitrogen and oxygen atoms in total. The summed E-state index contributed by atoms with van der Waals surface area (Å²) in [4.78, 5) is 0. The van der Waals surface area contributed by atoms with Crippen LogP contribution in [-0.4, -0.2) is 11.7 Å². The number of benzene rings is 1. The molecule has 0 spiro atoms. The molecule has 0 radical (unpaired) electrons. The molecule has 96 valence electrons. The minimum Gasteiger partial charge on any atom is -0.361 e. The number of nitrogens with zero attached hydrogens (tertiary/aromatic N) is 1. The lowest BCUT2D eigenvalue weighted by Crippen LogP contribution is -2.17. The highest BCUT2D eigenvalue weighted by molar-refractivity contribution is 6.30. The van der Waals surface area contributed by atoms with Crippen LogP contribution < -0.4 is 5.32 Å². The zero-order chi connectivity index (χ0) is 13.0. The van der Waals surface area contributed by atoms with Gasteiger partial charge in [0.1, 0.15) is 5.76 Å². The molecular weight excluding hydrogens is 248 g/mol. The maximum Gasteiger partial charge on any atom is 0.138 e. The number of aromatic nitrogens is 1. The Bertz CT molecular complexity index is 486. The van der Waals surface area contributed by atoms with E-state index in [0.717, 1.165) is 41.6 Å². The molecule has 0 fully saturated rings. The van der Waals surface area contributed by atoms with Crippen molar-refractivity contribution >= 4 is 11.6 Å². The zero-order valence-corrected chi connectivity index (χ0v) is 11.4. The Hall–Kier alpha value is -1.32. The first-order valence-corrected chi connectivity index (χ1v) is 6.41.